The minimum atomic E-state index is -1.26. The molecule has 0 bridgehead atoms. The first kappa shape index (κ1) is 19.3. The van der Waals surface area contributed by atoms with Crippen LogP contribution in [0.25, 0.3) is 6.08 Å². The van der Waals surface area contributed by atoms with E-state index in [1.807, 2.05) is 67.6 Å². The maximum absolute atomic E-state index is 13.3. The maximum atomic E-state index is 13.3. The van der Waals surface area contributed by atoms with Gasteiger partial charge >= 0.3 is 0 Å². The van der Waals surface area contributed by atoms with Crippen LogP contribution >= 0.6 is 0 Å². The molecule has 0 N–H and O–H groups in total. The van der Waals surface area contributed by atoms with Gasteiger partial charge in [-0.15, -0.1) is 0 Å². The van der Waals surface area contributed by atoms with Crippen LogP contribution in [0.3, 0.4) is 0 Å². The molecule has 0 saturated carbocycles. The molecule has 3 heteroatoms. The average molecular weight is 355 g/mol. The Morgan fingerprint density at radius 2 is 1.76 bits per heavy atom. The van der Waals surface area contributed by atoms with E-state index in [-0.39, 0.29) is 5.92 Å². The van der Waals surface area contributed by atoms with Gasteiger partial charge in [0.1, 0.15) is 6.29 Å². The lowest BCUT2D eigenvalue weighted by atomic mass is 9.97. The van der Waals surface area contributed by atoms with Crippen molar-refractivity contribution in [3.63, 3.8) is 0 Å². The van der Waals surface area contributed by atoms with Crippen LogP contribution in [0.15, 0.2) is 64.4 Å². The predicted octanol–water partition coefficient (Wildman–Crippen LogP) is 5.54. The van der Waals surface area contributed by atoms with Crippen molar-refractivity contribution in [3.8, 4) is 0 Å². The van der Waals surface area contributed by atoms with Gasteiger partial charge in [-0.1, -0.05) is 67.8 Å². The van der Waals surface area contributed by atoms with Gasteiger partial charge in [0.05, 0.1) is 10.8 Å². The van der Waals surface area contributed by atoms with Gasteiger partial charge in [-0.2, -0.15) is 0 Å². The smallest absolute Gasteiger partial charge is 0.120 e. The Balaban J connectivity index is 2.42. The van der Waals surface area contributed by atoms with Crippen molar-refractivity contribution in [2.75, 3.05) is 0 Å². The van der Waals surface area contributed by atoms with Crippen molar-refractivity contribution >= 4 is 23.2 Å². The molecule has 2 atom stereocenters. The number of carbonyl (C=O) groups excluding carboxylic acids is 1. The summed E-state index contributed by atoms with van der Waals surface area (Å²) in [6.45, 7) is 4.15. The zero-order valence-electron chi connectivity index (χ0n) is 15.0. The highest BCUT2D eigenvalue weighted by atomic mass is 32.2. The number of benzene rings is 2. The Morgan fingerprint density at radius 1 is 1.08 bits per heavy atom. The molecule has 0 radical (unpaired) electrons. The summed E-state index contributed by atoms with van der Waals surface area (Å²) in [7, 11) is -1.26. The van der Waals surface area contributed by atoms with Crippen molar-refractivity contribution < 1.29 is 9.00 Å². The summed E-state index contributed by atoms with van der Waals surface area (Å²) in [6, 6.07) is 17.7. The average Bonchev–Trinajstić information content (AvgIpc) is 2.64. The molecule has 0 aliphatic heterocycles. The van der Waals surface area contributed by atoms with E-state index >= 15 is 0 Å². The molecule has 1 unspecified atom stereocenters. The molecule has 132 valence electrons. The summed E-state index contributed by atoms with van der Waals surface area (Å²) in [5.41, 5.74) is 2.16. The van der Waals surface area contributed by atoms with E-state index in [4.69, 9.17) is 0 Å². The Kier molecular flexibility index (Phi) is 7.80. The number of hydrogen-bond acceptors (Lipinski definition) is 2. The van der Waals surface area contributed by atoms with Crippen LogP contribution in [0.4, 0.5) is 0 Å². The number of carbonyl (C=O) groups is 1. The highest BCUT2D eigenvalue weighted by Gasteiger charge is 2.21. The summed E-state index contributed by atoms with van der Waals surface area (Å²) in [5.74, 6) is 0.0137. The second kappa shape index (κ2) is 10.1. The normalized spacial score (nSPS) is 14.1. The Bertz CT molecular complexity index is 717. The standard InChI is InChI=1S/C22H26O2S/c1-3-4-10-20(15-16-23)22(17-19-8-6-5-7-9-19)25(24)21-13-11-18(2)12-14-21/h5-9,11-14,16-17,20H,3-4,10,15H2,1-2H3/b22-17-/t20-,25?/m1/s1. The van der Waals surface area contributed by atoms with Crippen molar-refractivity contribution in [2.24, 2.45) is 5.92 Å². The van der Waals surface area contributed by atoms with Crippen LogP contribution in [-0.4, -0.2) is 10.5 Å². The van der Waals surface area contributed by atoms with E-state index < -0.39 is 10.8 Å². The van der Waals surface area contributed by atoms with Crippen molar-refractivity contribution in [2.45, 2.75) is 44.4 Å². The molecule has 2 aromatic carbocycles. The summed E-state index contributed by atoms with van der Waals surface area (Å²) in [6.07, 6.45) is 6.33. The summed E-state index contributed by atoms with van der Waals surface area (Å²) in [4.78, 5) is 12.8. The lowest BCUT2D eigenvalue weighted by molar-refractivity contribution is -0.108. The van der Waals surface area contributed by atoms with Gasteiger partial charge in [-0.3, -0.25) is 0 Å². The van der Waals surface area contributed by atoms with E-state index in [1.54, 1.807) is 0 Å². The number of rotatable bonds is 9. The predicted molar refractivity (Wildman–Crippen MR) is 106 cm³/mol. The van der Waals surface area contributed by atoms with Gasteiger partial charge in [0, 0.05) is 16.2 Å². The number of allylic oxidation sites excluding steroid dienone is 1. The van der Waals surface area contributed by atoms with Gasteiger partial charge in [0.15, 0.2) is 0 Å². The molecule has 0 heterocycles. The van der Waals surface area contributed by atoms with Gasteiger partial charge in [-0.25, -0.2) is 4.21 Å². The Morgan fingerprint density at radius 3 is 2.36 bits per heavy atom. The first-order valence-electron chi connectivity index (χ1n) is 8.84. The highest BCUT2D eigenvalue weighted by molar-refractivity contribution is 7.89. The van der Waals surface area contributed by atoms with Gasteiger partial charge < -0.3 is 4.79 Å². The van der Waals surface area contributed by atoms with E-state index in [1.165, 1.54) is 0 Å². The molecule has 0 aliphatic rings. The first-order valence-corrected chi connectivity index (χ1v) is 9.99. The number of unbranched alkanes of at least 4 members (excludes halogenated alkanes) is 1. The second-order valence-corrected chi connectivity index (χ2v) is 7.76. The van der Waals surface area contributed by atoms with E-state index in [9.17, 15) is 9.00 Å². The maximum Gasteiger partial charge on any atom is 0.120 e. The second-order valence-electron chi connectivity index (χ2n) is 6.28. The SMILES string of the molecule is CCCC[C@H](CC=O)/C(=C/c1ccccc1)S(=O)c1ccc(C)cc1. The molecule has 0 spiro atoms. The van der Waals surface area contributed by atoms with E-state index in [0.29, 0.717) is 6.42 Å². The van der Waals surface area contributed by atoms with Crippen LogP contribution in [-0.2, 0) is 15.6 Å². The summed E-state index contributed by atoms with van der Waals surface area (Å²) >= 11 is 0. The number of hydrogen-bond donors (Lipinski definition) is 0. The Labute approximate surface area is 153 Å². The zero-order chi connectivity index (χ0) is 18.1. The topological polar surface area (TPSA) is 34.1 Å². The third-order valence-electron chi connectivity index (χ3n) is 4.25. The van der Waals surface area contributed by atoms with Crippen molar-refractivity contribution in [1.82, 2.24) is 0 Å². The summed E-state index contributed by atoms with van der Waals surface area (Å²) < 4.78 is 13.3. The fraction of sp³-hybridized carbons (Fsp3) is 0.318. The lowest BCUT2D eigenvalue weighted by Crippen LogP contribution is -2.11. The van der Waals surface area contributed by atoms with E-state index in [2.05, 4.69) is 6.92 Å². The van der Waals surface area contributed by atoms with Gasteiger partial charge in [0.25, 0.3) is 0 Å². The number of aryl methyl sites for hydroxylation is 1. The van der Waals surface area contributed by atoms with Crippen molar-refractivity contribution in [3.05, 3.63) is 70.6 Å². The fourth-order valence-corrected chi connectivity index (χ4v) is 4.19. The Hall–Kier alpha value is -2.00. The lowest BCUT2D eigenvalue weighted by Gasteiger charge is -2.18. The quantitative estimate of drug-likeness (QED) is 0.554. The molecule has 0 amide bonds. The molecule has 0 saturated heterocycles. The van der Waals surface area contributed by atoms with E-state index in [0.717, 1.165) is 46.5 Å². The largest absolute Gasteiger partial charge is 0.303 e. The van der Waals surface area contributed by atoms with Gasteiger partial charge in [0.2, 0.25) is 0 Å². The van der Waals surface area contributed by atoms with Crippen molar-refractivity contribution in [1.29, 1.82) is 0 Å². The van der Waals surface area contributed by atoms with Crippen LogP contribution in [0.2, 0.25) is 0 Å². The molecule has 0 fully saturated rings. The van der Waals surface area contributed by atoms with Gasteiger partial charge in [-0.05, 0) is 43.0 Å². The first-order chi connectivity index (χ1) is 12.2. The number of aldehydes is 1. The molecule has 25 heavy (non-hydrogen) atoms. The van der Waals surface area contributed by atoms with Crippen LogP contribution in [0, 0.1) is 12.8 Å². The third-order valence-corrected chi connectivity index (χ3v) is 5.83. The third kappa shape index (κ3) is 5.79. The molecular weight excluding hydrogens is 328 g/mol. The van der Waals surface area contributed by atoms with Crippen LogP contribution in [0.1, 0.15) is 43.7 Å². The highest BCUT2D eigenvalue weighted by Crippen LogP contribution is 2.30. The summed E-state index contributed by atoms with van der Waals surface area (Å²) in [5, 5.41) is 0. The molecule has 2 aromatic rings. The zero-order valence-corrected chi connectivity index (χ0v) is 15.8. The van der Waals surface area contributed by atoms with Crippen LogP contribution in [0.5, 0.6) is 0 Å². The molecule has 0 aliphatic carbocycles. The minimum Gasteiger partial charge on any atom is -0.303 e. The minimum absolute atomic E-state index is 0.0137. The molecular formula is C22H26O2S. The molecule has 2 nitrogen and oxygen atoms in total. The fourth-order valence-electron chi connectivity index (χ4n) is 2.78. The molecule has 2 rings (SSSR count). The molecule has 0 aromatic heterocycles. The monoisotopic (exact) mass is 354 g/mol. The van der Waals surface area contributed by atoms with Crippen LogP contribution < -0.4 is 0 Å².